The fraction of sp³-hybridized carbons (Fsp3) is 0.500. The maximum atomic E-state index is 12.6. The van der Waals surface area contributed by atoms with Gasteiger partial charge in [0.25, 0.3) is 5.91 Å². The van der Waals surface area contributed by atoms with Crippen molar-refractivity contribution in [1.29, 1.82) is 0 Å². The lowest BCUT2D eigenvalue weighted by Crippen LogP contribution is -2.54. The SMILES string of the molecule is CCC1=NN(C(=O)c2ccccc2)C(O)(C(C)(C)C)C1. The monoisotopic (exact) mass is 274 g/mol. The first kappa shape index (κ1) is 14.7. The maximum absolute atomic E-state index is 12.6. The molecule has 4 nitrogen and oxygen atoms in total. The molecular formula is C16H22N2O2. The number of hydrogen-bond donors (Lipinski definition) is 1. The summed E-state index contributed by atoms with van der Waals surface area (Å²) in [5, 5.41) is 16.6. The molecule has 108 valence electrons. The van der Waals surface area contributed by atoms with Crippen LogP contribution in [0.4, 0.5) is 0 Å². The molecule has 0 aromatic heterocycles. The first-order valence-corrected chi connectivity index (χ1v) is 6.98. The van der Waals surface area contributed by atoms with E-state index in [1.165, 1.54) is 5.01 Å². The largest absolute Gasteiger partial charge is 0.368 e. The van der Waals surface area contributed by atoms with Crippen LogP contribution in [0.2, 0.25) is 0 Å². The number of carbonyl (C=O) groups is 1. The Morgan fingerprint density at radius 1 is 1.35 bits per heavy atom. The zero-order valence-corrected chi connectivity index (χ0v) is 12.6. The summed E-state index contributed by atoms with van der Waals surface area (Å²) in [6.45, 7) is 7.75. The number of hydrogen-bond acceptors (Lipinski definition) is 3. The van der Waals surface area contributed by atoms with Gasteiger partial charge in [-0.05, 0) is 18.6 Å². The normalized spacial score (nSPS) is 22.9. The van der Waals surface area contributed by atoms with Crippen LogP contribution < -0.4 is 0 Å². The van der Waals surface area contributed by atoms with Gasteiger partial charge in [0.1, 0.15) is 0 Å². The highest BCUT2D eigenvalue weighted by atomic mass is 16.3. The molecule has 20 heavy (non-hydrogen) atoms. The van der Waals surface area contributed by atoms with Gasteiger partial charge in [-0.2, -0.15) is 10.1 Å². The molecule has 1 aliphatic heterocycles. The molecule has 0 fully saturated rings. The van der Waals surface area contributed by atoms with Crippen molar-refractivity contribution < 1.29 is 9.90 Å². The molecule has 1 amide bonds. The van der Waals surface area contributed by atoms with Gasteiger partial charge in [-0.1, -0.05) is 45.9 Å². The van der Waals surface area contributed by atoms with Gasteiger partial charge < -0.3 is 5.11 Å². The lowest BCUT2D eigenvalue weighted by molar-refractivity contribution is -0.143. The highest BCUT2D eigenvalue weighted by molar-refractivity contribution is 5.98. The van der Waals surface area contributed by atoms with E-state index in [0.29, 0.717) is 12.0 Å². The molecule has 1 aromatic rings. The number of rotatable bonds is 2. The second kappa shape index (κ2) is 5.02. The van der Waals surface area contributed by atoms with E-state index < -0.39 is 11.1 Å². The van der Waals surface area contributed by atoms with E-state index in [1.807, 2.05) is 45.9 Å². The summed E-state index contributed by atoms with van der Waals surface area (Å²) in [7, 11) is 0. The molecule has 1 N–H and O–H groups in total. The molecule has 0 saturated heterocycles. The smallest absolute Gasteiger partial charge is 0.276 e. The van der Waals surface area contributed by atoms with Gasteiger partial charge in [-0.15, -0.1) is 0 Å². The molecule has 1 unspecified atom stereocenters. The van der Waals surface area contributed by atoms with Gasteiger partial charge in [0.2, 0.25) is 0 Å². The fourth-order valence-electron chi connectivity index (χ4n) is 2.31. The van der Waals surface area contributed by atoms with Crippen LogP contribution in [0.15, 0.2) is 35.4 Å². The van der Waals surface area contributed by atoms with Crippen molar-refractivity contribution in [3.8, 4) is 0 Å². The van der Waals surface area contributed by atoms with Crippen LogP contribution in [0.25, 0.3) is 0 Å². The average Bonchev–Trinajstić information content (AvgIpc) is 2.77. The Balaban J connectivity index is 2.41. The Hall–Kier alpha value is -1.68. The first-order valence-electron chi connectivity index (χ1n) is 6.98. The van der Waals surface area contributed by atoms with Crippen LogP contribution in [-0.4, -0.2) is 27.5 Å². The molecule has 1 aromatic carbocycles. The molecule has 0 spiro atoms. The third-order valence-electron chi connectivity index (χ3n) is 3.86. The number of carbonyl (C=O) groups excluding carboxylic acids is 1. The topological polar surface area (TPSA) is 52.9 Å². The van der Waals surface area contributed by atoms with Crippen molar-refractivity contribution in [2.24, 2.45) is 10.5 Å². The average molecular weight is 274 g/mol. The van der Waals surface area contributed by atoms with Crippen LogP contribution in [0.3, 0.4) is 0 Å². The Bertz CT molecular complexity index is 531. The summed E-state index contributed by atoms with van der Waals surface area (Å²) >= 11 is 0. The number of aliphatic hydroxyl groups is 1. The number of benzene rings is 1. The van der Waals surface area contributed by atoms with E-state index >= 15 is 0 Å². The van der Waals surface area contributed by atoms with E-state index in [4.69, 9.17) is 0 Å². The van der Waals surface area contributed by atoms with E-state index in [-0.39, 0.29) is 5.91 Å². The van der Waals surface area contributed by atoms with Crippen LogP contribution in [0.1, 0.15) is 50.9 Å². The lowest BCUT2D eigenvalue weighted by Gasteiger charge is -2.41. The highest BCUT2D eigenvalue weighted by Gasteiger charge is 2.52. The molecule has 4 heteroatoms. The summed E-state index contributed by atoms with van der Waals surface area (Å²) < 4.78 is 0. The zero-order valence-electron chi connectivity index (χ0n) is 12.6. The summed E-state index contributed by atoms with van der Waals surface area (Å²) in [5.41, 5.74) is -0.355. The summed E-state index contributed by atoms with van der Waals surface area (Å²) in [4.78, 5) is 12.6. The quantitative estimate of drug-likeness (QED) is 0.901. The van der Waals surface area contributed by atoms with Crippen molar-refractivity contribution >= 4 is 11.6 Å². The second-order valence-corrected chi connectivity index (χ2v) is 6.25. The Morgan fingerprint density at radius 3 is 2.45 bits per heavy atom. The van der Waals surface area contributed by atoms with E-state index in [1.54, 1.807) is 12.1 Å². The molecule has 0 saturated carbocycles. The van der Waals surface area contributed by atoms with E-state index in [2.05, 4.69) is 5.10 Å². The van der Waals surface area contributed by atoms with Crippen LogP contribution >= 0.6 is 0 Å². The van der Waals surface area contributed by atoms with Crippen LogP contribution in [0, 0.1) is 5.41 Å². The molecule has 0 radical (unpaired) electrons. The van der Waals surface area contributed by atoms with Crippen molar-refractivity contribution in [3.63, 3.8) is 0 Å². The third kappa shape index (κ3) is 2.36. The standard InChI is InChI=1S/C16H22N2O2/c1-5-13-11-16(20,15(2,3)4)18(17-13)14(19)12-9-7-6-8-10-12/h6-10,20H,5,11H2,1-4H3. The molecule has 1 heterocycles. The molecule has 1 aliphatic rings. The van der Waals surface area contributed by atoms with Crippen LogP contribution in [0.5, 0.6) is 0 Å². The maximum Gasteiger partial charge on any atom is 0.276 e. The minimum atomic E-state index is -1.27. The molecule has 0 aliphatic carbocycles. The number of hydrazone groups is 1. The second-order valence-electron chi connectivity index (χ2n) is 6.25. The van der Waals surface area contributed by atoms with Gasteiger partial charge in [0.15, 0.2) is 5.72 Å². The van der Waals surface area contributed by atoms with Gasteiger partial charge in [0, 0.05) is 23.1 Å². The van der Waals surface area contributed by atoms with Crippen molar-refractivity contribution in [1.82, 2.24) is 5.01 Å². The molecule has 2 rings (SSSR count). The highest BCUT2D eigenvalue weighted by Crippen LogP contribution is 2.41. The minimum Gasteiger partial charge on any atom is -0.368 e. The predicted octanol–water partition coefficient (Wildman–Crippen LogP) is 3.03. The van der Waals surface area contributed by atoms with E-state index in [0.717, 1.165) is 12.1 Å². The van der Waals surface area contributed by atoms with Gasteiger partial charge in [0.05, 0.1) is 0 Å². The summed E-state index contributed by atoms with van der Waals surface area (Å²) in [6.07, 6.45) is 1.14. The minimum absolute atomic E-state index is 0.258. The third-order valence-corrected chi connectivity index (χ3v) is 3.86. The van der Waals surface area contributed by atoms with E-state index in [9.17, 15) is 9.90 Å². The van der Waals surface area contributed by atoms with Crippen molar-refractivity contribution in [2.75, 3.05) is 0 Å². The van der Waals surface area contributed by atoms with Crippen LogP contribution in [-0.2, 0) is 0 Å². The molecular weight excluding hydrogens is 252 g/mol. The van der Waals surface area contributed by atoms with Crippen molar-refractivity contribution in [3.05, 3.63) is 35.9 Å². The number of amides is 1. The van der Waals surface area contributed by atoms with Gasteiger partial charge in [-0.3, -0.25) is 4.79 Å². The predicted molar refractivity (Wildman–Crippen MR) is 79.4 cm³/mol. The lowest BCUT2D eigenvalue weighted by atomic mass is 9.79. The fourth-order valence-corrected chi connectivity index (χ4v) is 2.31. The van der Waals surface area contributed by atoms with Gasteiger partial charge in [-0.25, -0.2) is 0 Å². The summed E-state index contributed by atoms with van der Waals surface area (Å²) in [6, 6.07) is 8.96. The Kier molecular flexibility index (Phi) is 3.69. The number of nitrogens with zero attached hydrogens (tertiary/aromatic N) is 2. The Morgan fingerprint density at radius 2 is 1.95 bits per heavy atom. The Labute approximate surface area is 120 Å². The van der Waals surface area contributed by atoms with Crippen molar-refractivity contribution in [2.45, 2.75) is 46.3 Å². The zero-order chi connectivity index (χ0) is 15.0. The summed E-state index contributed by atoms with van der Waals surface area (Å²) in [5.74, 6) is -0.258. The van der Waals surface area contributed by atoms with Gasteiger partial charge >= 0.3 is 0 Å². The molecule has 1 atom stereocenters. The first-order chi connectivity index (χ1) is 9.29. The molecule has 0 bridgehead atoms.